The molecule has 0 aromatic carbocycles. The van der Waals surface area contributed by atoms with E-state index >= 15 is 0 Å². The van der Waals surface area contributed by atoms with Gasteiger partial charge in [0.05, 0.1) is 106 Å². The molecule has 4 saturated heterocycles. The molecule has 24 heteroatoms. The maximum Gasteiger partial charge on any atom is 0.223 e. The molecule has 0 spiro atoms. The zero-order valence-corrected chi connectivity index (χ0v) is 45.0. The number of carbonyl (C=O) groups is 2. The molecular weight excluding hydrogens is 985 g/mol. The second-order valence-corrected chi connectivity index (χ2v) is 19.8. The third kappa shape index (κ3) is 33.2. The zero-order valence-electron chi connectivity index (χ0n) is 43.4. The lowest BCUT2D eigenvalue weighted by atomic mass is 10.2. The highest BCUT2D eigenvalue weighted by atomic mass is 33.1. The maximum atomic E-state index is 13.5. The molecule has 2 unspecified atom stereocenters. The number of carbonyl (C=O) groups excluding carboxylic acids is 2. The molecule has 4 rings (SSSR count). The molecule has 422 valence electrons. The molecule has 72 heavy (non-hydrogen) atoms. The van der Waals surface area contributed by atoms with Gasteiger partial charge in [-0.25, -0.2) is 0 Å². The van der Waals surface area contributed by atoms with E-state index in [1.165, 1.54) is 0 Å². The van der Waals surface area contributed by atoms with Crippen LogP contribution in [0.4, 0.5) is 0 Å². The second-order valence-electron chi connectivity index (χ2n) is 17.1. The van der Waals surface area contributed by atoms with E-state index in [1.807, 2.05) is 23.6 Å². The van der Waals surface area contributed by atoms with E-state index in [-0.39, 0.29) is 49.6 Å². The van der Waals surface area contributed by atoms with Crippen LogP contribution in [0.25, 0.3) is 0 Å². The number of hydrogen-bond donors (Lipinski definition) is 2. The van der Waals surface area contributed by atoms with Crippen LogP contribution in [-0.2, 0) is 85.4 Å². The fourth-order valence-electron chi connectivity index (χ4n) is 7.39. The number of hydrogen-bond acceptors (Lipinski definition) is 22. The average molecular weight is 1080 g/mol. The number of unbranched alkanes of at least 4 members (excludes halogenated alkanes) is 4. The molecule has 4 aliphatic heterocycles. The van der Waals surface area contributed by atoms with E-state index in [1.54, 1.807) is 21.6 Å². The molecule has 0 aromatic heterocycles. The molecule has 2 amide bonds. The Kier molecular flexibility index (Phi) is 38.7. The topological polar surface area (TPSA) is 212 Å². The Bertz CT molecular complexity index is 1220. The van der Waals surface area contributed by atoms with Crippen LogP contribution in [0.3, 0.4) is 0 Å². The third-order valence-electron chi connectivity index (χ3n) is 11.3. The zero-order chi connectivity index (χ0) is 50.8. The highest BCUT2D eigenvalue weighted by Crippen LogP contribution is 2.24. The smallest absolute Gasteiger partial charge is 0.223 e. The van der Waals surface area contributed by atoms with Gasteiger partial charge in [-0.3, -0.25) is 9.59 Å². The van der Waals surface area contributed by atoms with Gasteiger partial charge in [-0.1, -0.05) is 21.6 Å². The van der Waals surface area contributed by atoms with Crippen molar-refractivity contribution >= 4 is 33.4 Å². The molecule has 4 fully saturated rings. The van der Waals surface area contributed by atoms with Crippen molar-refractivity contribution in [3.63, 3.8) is 0 Å². The fourth-order valence-corrected chi connectivity index (χ4v) is 9.34. The monoisotopic (exact) mass is 1070 g/mol. The number of ether oxygens (including phenoxy) is 16. The van der Waals surface area contributed by atoms with Crippen molar-refractivity contribution in [3.8, 4) is 0 Å². The Balaban J connectivity index is 1.08. The van der Waals surface area contributed by atoms with Gasteiger partial charge in [0.2, 0.25) is 11.8 Å². The van der Waals surface area contributed by atoms with Crippen LogP contribution in [0.1, 0.15) is 65.2 Å². The number of nitrogens with zero attached hydrogens (tertiary/aromatic N) is 2. The standard InChI is InChI=1S/C48H90N4O18S2/c1-41(69-39-47-65-31-32-66-47)59-20-8-4-6-16-52(18-12-50-14-22-60-42(2)70-40-48-67-33-34-68-48)44(54)10-36-72-71-35-9-43(53)51(15-5-3-7-19-55-23-25-57-37-45-61-27-28-62-45)17-11-49-13-21-56-24-26-58-38-46-63-29-30-64-46/h41-42,45-50H,3-40H2,1-2H3. The Labute approximate surface area is 436 Å². The van der Waals surface area contributed by atoms with Crippen molar-refractivity contribution in [2.45, 2.75) is 103 Å². The molecule has 0 aliphatic carbocycles. The summed E-state index contributed by atoms with van der Waals surface area (Å²) in [5.74, 6) is 1.58. The van der Waals surface area contributed by atoms with Crippen LogP contribution >= 0.6 is 21.6 Å². The van der Waals surface area contributed by atoms with E-state index in [2.05, 4.69) is 10.6 Å². The minimum absolute atomic E-state index is 0.121. The normalized spacial score (nSPS) is 18.0. The quantitative estimate of drug-likeness (QED) is 0.0509. The fraction of sp³-hybridized carbons (Fsp3) is 0.958. The molecule has 4 aliphatic rings. The van der Waals surface area contributed by atoms with Crippen LogP contribution in [0.15, 0.2) is 0 Å². The minimum Gasteiger partial charge on any atom is -0.379 e. The van der Waals surface area contributed by atoms with Crippen molar-refractivity contribution in [1.82, 2.24) is 20.4 Å². The Hall–Kier alpha value is -1.08. The minimum atomic E-state index is -0.384. The first kappa shape index (κ1) is 63.5. The molecular formula is C48H90N4O18S2. The van der Waals surface area contributed by atoms with Gasteiger partial charge in [0, 0.05) is 89.9 Å². The summed E-state index contributed by atoms with van der Waals surface area (Å²) >= 11 is 0. The van der Waals surface area contributed by atoms with Crippen molar-refractivity contribution in [2.24, 2.45) is 0 Å². The van der Waals surface area contributed by atoms with E-state index in [0.717, 1.165) is 38.5 Å². The van der Waals surface area contributed by atoms with Crippen molar-refractivity contribution in [2.75, 3.05) is 196 Å². The summed E-state index contributed by atoms with van der Waals surface area (Å²) in [6.07, 6.45) is 4.30. The summed E-state index contributed by atoms with van der Waals surface area (Å²) in [5.41, 5.74) is 0. The van der Waals surface area contributed by atoms with Crippen LogP contribution in [0, 0.1) is 0 Å². The first-order chi connectivity index (χ1) is 35.5. The van der Waals surface area contributed by atoms with Gasteiger partial charge in [0.15, 0.2) is 37.7 Å². The lowest BCUT2D eigenvalue weighted by Gasteiger charge is -2.24. The van der Waals surface area contributed by atoms with E-state index < -0.39 is 0 Å². The predicted octanol–water partition coefficient (Wildman–Crippen LogP) is 2.64. The average Bonchev–Trinajstić information content (AvgIpc) is 4.26. The molecule has 4 heterocycles. The van der Waals surface area contributed by atoms with E-state index in [0.29, 0.717) is 209 Å². The molecule has 2 atom stereocenters. The number of rotatable bonds is 49. The van der Waals surface area contributed by atoms with Crippen LogP contribution in [-0.4, -0.2) is 255 Å². The molecule has 22 nitrogen and oxygen atoms in total. The van der Waals surface area contributed by atoms with Crippen LogP contribution in [0.2, 0.25) is 0 Å². The van der Waals surface area contributed by atoms with Gasteiger partial charge >= 0.3 is 0 Å². The lowest BCUT2D eigenvalue weighted by Crippen LogP contribution is -2.38. The van der Waals surface area contributed by atoms with Crippen LogP contribution < -0.4 is 10.6 Å². The first-order valence-electron chi connectivity index (χ1n) is 26.4. The predicted molar refractivity (Wildman–Crippen MR) is 270 cm³/mol. The molecule has 2 N–H and O–H groups in total. The van der Waals surface area contributed by atoms with Crippen molar-refractivity contribution in [1.29, 1.82) is 0 Å². The number of nitrogens with one attached hydrogen (secondary N) is 2. The third-order valence-corrected chi connectivity index (χ3v) is 13.8. The highest BCUT2D eigenvalue weighted by Gasteiger charge is 2.21. The lowest BCUT2D eigenvalue weighted by molar-refractivity contribution is -0.178. The van der Waals surface area contributed by atoms with Crippen molar-refractivity contribution in [3.05, 3.63) is 0 Å². The summed E-state index contributed by atoms with van der Waals surface area (Å²) in [6.45, 7) is 19.4. The Morgan fingerprint density at radius 1 is 0.431 bits per heavy atom. The van der Waals surface area contributed by atoms with Gasteiger partial charge in [0.25, 0.3) is 0 Å². The Morgan fingerprint density at radius 3 is 1.29 bits per heavy atom. The summed E-state index contributed by atoms with van der Waals surface area (Å²) in [5, 5.41) is 6.81. The SMILES string of the molecule is CC(OCCCCCN(CCNCCOC(C)OCC1OCCO1)C(=O)CCSSCCC(=O)N(CCCCCOCCOCC1OCCO1)CCNCCOCCOCC1OCCO1)OCC1OCCO1. The Morgan fingerprint density at radius 2 is 0.819 bits per heavy atom. The van der Waals surface area contributed by atoms with Gasteiger partial charge < -0.3 is 96.2 Å². The largest absolute Gasteiger partial charge is 0.379 e. The van der Waals surface area contributed by atoms with Gasteiger partial charge in [-0.15, -0.1) is 0 Å². The summed E-state index contributed by atoms with van der Waals surface area (Å²) in [4.78, 5) is 30.9. The van der Waals surface area contributed by atoms with Crippen molar-refractivity contribution < 1.29 is 85.4 Å². The van der Waals surface area contributed by atoms with Crippen LogP contribution in [0.5, 0.6) is 0 Å². The van der Waals surface area contributed by atoms with Gasteiger partial charge in [-0.2, -0.15) is 0 Å². The molecule has 0 saturated carbocycles. The summed E-state index contributed by atoms with van der Waals surface area (Å²) in [6, 6.07) is 0. The highest BCUT2D eigenvalue weighted by molar-refractivity contribution is 8.76. The number of amides is 2. The molecule has 0 bridgehead atoms. The first-order valence-corrected chi connectivity index (χ1v) is 28.9. The molecule has 0 aromatic rings. The summed E-state index contributed by atoms with van der Waals surface area (Å²) < 4.78 is 88.7. The molecule has 0 radical (unpaired) electrons. The van der Waals surface area contributed by atoms with Gasteiger partial charge in [-0.05, 0) is 52.4 Å². The maximum absolute atomic E-state index is 13.5. The van der Waals surface area contributed by atoms with Gasteiger partial charge in [0.1, 0.15) is 13.2 Å². The summed E-state index contributed by atoms with van der Waals surface area (Å²) in [7, 11) is 3.29. The van der Waals surface area contributed by atoms with E-state index in [9.17, 15) is 9.59 Å². The van der Waals surface area contributed by atoms with E-state index in [4.69, 9.17) is 75.8 Å². The second kappa shape index (κ2) is 44.0.